The van der Waals surface area contributed by atoms with Crippen molar-refractivity contribution in [2.75, 3.05) is 17.9 Å². The molecule has 1 rings (SSSR count). The molecule has 108 valence electrons. The van der Waals surface area contributed by atoms with Gasteiger partial charge in [-0.05, 0) is 12.0 Å². The van der Waals surface area contributed by atoms with E-state index in [9.17, 15) is 21.9 Å². The normalized spacial score (nSPS) is 14.2. The number of sulfone groups is 1. The van der Waals surface area contributed by atoms with E-state index in [0.717, 1.165) is 11.8 Å². The number of hydrogen-bond donors (Lipinski definition) is 2. The second-order valence-electron chi connectivity index (χ2n) is 4.35. The van der Waals surface area contributed by atoms with Gasteiger partial charge in [-0.25, -0.2) is 21.6 Å². The van der Waals surface area contributed by atoms with Gasteiger partial charge in [-0.3, -0.25) is 0 Å². The Morgan fingerprint density at radius 2 is 1.74 bits per heavy atom. The molecule has 0 amide bonds. The Kier molecular flexibility index (Phi) is 5.48. The third-order valence-corrected chi connectivity index (χ3v) is 5.91. The van der Waals surface area contributed by atoms with Crippen LogP contribution < -0.4 is 4.72 Å². The van der Waals surface area contributed by atoms with Crippen LogP contribution >= 0.6 is 0 Å². The highest BCUT2D eigenvalue weighted by atomic mass is 32.3. The summed E-state index contributed by atoms with van der Waals surface area (Å²) >= 11 is 0. The molecule has 0 fully saturated rings. The fraction of sp³-hybridized carbons (Fsp3) is 0.455. The Balaban J connectivity index is 2.72. The number of aliphatic hydroxyl groups is 1. The zero-order valence-electron chi connectivity index (χ0n) is 10.5. The molecule has 1 atom stereocenters. The van der Waals surface area contributed by atoms with Gasteiger partial charge in [-0.2, -0.15) is 0 Å². The molecule has 0 aliphatic heterocycles. The molecule has 2 N–H and O–H groups in total. The Hall–Kier alpha value is -0.960. The fourth-order valence-electron chi connectivity index (χ4n) is 1.61. The molecule has 0 heterocycles. The Morgan fingerprint density at radius 1 is 1.16 bits per heavy atom. The quantitative estimate of drug-likeness (QED) is 0.708. The van der Waals surface area contributed by atoms with Crippen molar-refractivity contribution in [3.05, 3.63) is 35.9 Å². The summed E-state index contributed by atoms with van der Waals surface area (Å²) < 4.78 is 47.4. The van der Waals surface area contributed by atoms with Gasteiger partial charge < -0.3 is 5.11 Å². The SMILES string of the molecule is CS(=O)(=O)CS(=O)(=O)N[C@@H](CO)Cc1ccccc1. The van der Waals surface area contributed by atoms with Gasteiger partial charge in [0.1, 0.15) is 0 Å². The van der Waals surface area contributed by atoms with Gasteiger partial charge in [-0.1, -0.05) is 30.3 Å². The van der Waals surface area contributed by atoms with Gasteiger partial charge in [0.2, 0.25) is 10.0 Å². The molecule has 0 radical (unpaired) electrons. The minimum Gasteiger partial charge on any atom is -0.395 e. The van der Waals surface area contributed by atoms with Crippen LogP contribution in [0.25, 0.3) is 0 Å². The van der Waals surface area contributed by atoms with Crippen LogP contribution in [0.5, 0.6) is 0 Å². The topological polar surface area (TPSA) is 101 Å². The van der Waals surface area contributed by atoms with Gasteiger partial charge in [0.25, 0.3) is 0 Å². The maximum absolute atomic E-state index is 11.6. The van der Waals surface area contributed by atoms with E-state index in [1.807, 2.05) is 6.07 Å². The number of sulfonamides is 1. The summed E-state index contributed by atoms with van der Waals surface area (Å²) in [6.07, 6.45) is 1.14. The summed E-state index contributed by atoms with van der Waals surface area (Å²) in [7, 11) is -7.61. The largest absolute Gasteiger partial charge is 0.395 e. The smallest absolute Gasteiger partial charge is 0.226 e. The summed E-state index contributed by atoms with van der Waals surface area (Å²) in [6, 6.07) is 8.28. The van der Waals surface area contributed by atoms with E-state index in [2.05, 4.69) is 4.72 Å². The molecule has 8 heteroatoms. The number of nitrogens with one attached hydrogen (secondary N) is 1. The Bertz CT molecular complexity index is 595. The number of hydrogen-bond acceptors (Lipinski definition) is 5. The molecule has 0 bridgehead atoms. The predicted molar refractivity (Wildman–Crippen MR) is 72.8 cm³/mol. The average Bonchev–Trinajstić information content (AvgIpc) is 2.25. The molecular weight excluding hydrogens is 290 g/mol. The van der Waals surface area contributed by atoms with Crippen molar-refractivity contribution in [1.29, 1.82) is 0 Å². The van der Waals surface area contributed by atoms with Crippen molar-refractivity contribution in [3.63, 3.8) is 0 Å². The van der Waals surface area contributed by atoms with E-state index in [0.29, 0.717) is 6.42 Å². The Labute approximate surface area is 113 Å². The summed E-state index contributed by atoms with van der Waals surface area (Å²) in [5.74, 6) is 0. The van der Waals surface area contributed by atoms with Crippen LogP contribution in [0.1, 0.15) is 5.56 Å². The molecule has 0 aromatic heterocycles. The second kappa shape index (κ2) is 6.47. The first-order chi connectivity index (χ1) is 8.72. The van der Waals surface area contributed by atoms with Crippen molar-refractivity contribution in [3.8, 4) is 0 Å². The van der Waals surface area contributed by atoms with E-state index < -0.39 is 37.6 Å². The summed E-state index contributed by atoms with van der Waals surface area (Å²) in [5, 5.41) is 8.19. The predicted octanol–water partition coefficient (Wildman–Crippen LogP) is -0.488. The highest BCUT2D eigenvalue weighted by Gasteiger charge is 2.22. The molecule has 0 spiro atoms. The summed E-state index contributed by atoms with van der Waals surface area (Å²) in [5.41, 5.74) is 0.851. The molecule has 1 aromatic rings. The highest BCUT2D eigenvalue weighted by molar-refractivity contribution is 8.06. The zero-order valence-corrected chi connectivity index (χ0v) is 12.1. The van der Waals surface area contributed by atoms with Crippen molar-refractivity contribution >= 4 is 19.9 Å². The van der Waals surface area contributed by atoms with Crippen molar-refractivity contribution in [1.82, 2.24) is 4.72 Å². The maximum Gasteiger partial charge on any atom is 0.226 e. The molecule has 0 aliphatic rings. The monoisotopic (exact) mass is 307 g/mol. The first-order valence-corrected chi connectivity index (χ1v) is 9.25. The van der Waals surface area contributed by atoms with Crippen LogP contribution in [0.3, 0.4) is 0 Å². The van der Waals surface area contributed by atoms with E-state index >= 15 is 0 Å². The molecule has 6 nitrogen and oxygen atoms in total. The van der Waals surface area contributed by atoms with Crippen LogP contribution in [-0.4, -0.2) is 45.9 Å². The van der Waals surface area contributed by atoms with Crippen molar-refractivity contribution in [2.24, 2.45) is 0 Å². The molecule has 0 unspecified atom stereocenters. The number of rotatable bonds is 7. The number of aliphatic hydroxyl groups excluding tert-OH is 1. The van der Waals surface area contributed by atoms with Crippen LogP contribution in [0.2, 0.25) is 0 Å². The standard InChI is InChI=1S/C11H17NO5S2/c1-18(14,15)9-19(16,17)12-11(8-13)7-10-5-3-2-4-6-10/h2-6,11-13H,7-9H2,1H3/t11-/m1/s1. The van der Waals surface area contributed by atoms with Crippen LogP contribution in [0.15, 0.2) is 30.3 Å². The third kappa shape index (κ3) is 6.67. The minimum absolute atomic E-state index is 0.292. The summed E-state index contributed by atoms with van der Waals surface area (Å²) in [6.45, 7) is -0.405. The first-order valence-electron chi connectivity index (χ1n) is 5.54. The van der Waals surface area contributed by atoms with Gasteiger partial charge in [0.15, 0.2) is 14.9 Å². The lowest BCUT2D eigenvalue weighted by Gasteiger charge is -2.16. The summed E-state index contributed by atoms with van der Waals surface area (Å²) in [4.78, 5) is 0. The lowest BCUT2D eigenvalue weighted by molar-refractivity contribution is 0.256. The second-order valence-corrected chi connectivity index (χ2v) is 8.60. The lowest BCUT2D eigenvalue weighted by Crippen LogP contribution is -2.41. The van der Waals surface area contributed by atoms with Crippen molar-refractivity contribution in [2.45, 2.75) is 12.5 Å². The Morgan fingerprint density at radius 3 is 2.21 bits per heavy atom. The first kappa shape index (κ1) is 16.1. The maximum atomic E-state index is 11.6. The lowest BCUT2D eigenvalue weighted by atomic mass is 10.1. The van der Waals surface area contributed by atoms with E-state index in [-0.39, 0.29) is 0 Å². The van der Waals surface area contributed by atoms with Crippen molar-refractivity contribution < 1.29 is 21.9 Å². The number of benzene rings is 1. The van der Waals surface area contributed by atoms with E-state index in [4.69, 9.17) is 0 Å². The van der Waals surface area contributed by atoms with E-state index in [1.54, 1.807) is 24.3 Å². The molecule has 0 aliphatic carbocycles. The van der Waals surface area contributed by atoms with Gasteiger partial charge in [0, 0.05) is 12.3 Å². The van der Waals surface area contributed by atoms with E-state index in [1.165, 1.54) is 0 Å². The molecule has 1 aromatic carbocycles. The molecule has 0 saturated heterocycles. The van der Waals surface area contributed by atoms with Gasteiger partial charge in [0.05, 0.1) is 6.61 Å². The molecular formula is C11H17NO5S2. The molecule has 0 saturated carbocycles. The average molecular weight is 307 g/mol. The van der Waals surface area contributed by atoms with Gasteiger partial charge in [-0.15, -0.1) is 0 Å². The minimum atomic E-state index is -3.97. The fourth-order valence-corrected chi connectivity index (χ4v) is 4.80. The van der Waals surface area contributed by atoms with Crippen LogP contribution in [-0.2, 0) is 26.3 Å². The zero-order chi connectivity index (χ0) is 14.5. The highest BCUT2D eigenvalue weighted by Crippen LogP contribution is 2.04. The van der Waals surface area contributed by atoms with Crippen LogP contribution in [0, 0.1) is 0 Å². The van der Waals surface area contributed by atoms with Crippen LogP contribution in [0.4, 0.5) is 0 Å². The molecule has 19 heavy (non-hydrogen) atoms. The van der Waals surface area contributed by atoms with Gasteiger partial charge >= 0.3 is 0 Å². The third-order valence-electron chi connectivity index (χ3n) is 2.26.